The van der Waals surface area contributed by atoms with E-state index < -0.39 is 17.5 Å². The molecule has 1 aromatic rings. The van der Waals surface area contributed by atoms with E-state index in [1.54, 1.807) is 0 Å². The topological polar surface area (TPSA) is 9.23 Å². The molecule has 0 amide bonds. The molecule has 0 unspecified atom stereocenters. The van der Waals surface area contributed by atoms with Crippen LogP contribution in [0.15, 0.2) is 12.1 Å². The van der Waals surface area contributed by atoms with E-state index in [2.05, 4.69) is 6.92 Å². The van der Waals surface area contributed by atoms with Crippen LogP contribution in [0.5, 0.6) is 5.75 Å². The van der Waals surface area contributed by atoms with Crippen LogP contribution >= 0.6 is 0 Å². The number of hydrogen-bond donors (Lipinski definition) is 0. The van der Waals surface area contributed by atoms with E-state index in [4.69, 9.17) is 4.74 Å². The zero-order chi connectivity index (χ0) is 17.8. The van der Waals surface area contributed by atoms with E-state index in [1.807, 2.05) is 0 Å². The van der Waals surface area contributed by atoms with Gasteiger partial charge in [-0.25, -0.2) is 8.78 Å². The standard InChI is InChI=1S/C21H29F3O/c1-2-14-3-7-16(8-4-14)17-9-5-15(6-10-17)13-25-19-12-11-18(22)20(23)21(19)24/h11-12,14-17H,2-10,13H2,1H3. The van der Waals surface area contributed by atoms with E-state index >= 15 is 0 Å². The Morgan fingerprint density at radius 2 is 1.36 bits per heavy atom. The summed E-state index contributed by atoms with van der Waals surface area (Å²) < 4.78 is 45.3. The van der Waals surface area contributed by atoms with Crippen LogP contribution in [0, 0.1) is 41.1 Å². The fourth-order valence-corrected chi connectivity index (χ4v) is 4.72. The molecular weight excluding hydrogens is 325 g/mol. The highest BCUT2D eigenvalue weighted by molar-refractivity contribution is 5.26. The Balaban J connectivity index is 1.43. The third kappa shape index (κ3) is 4.51. The van der Waals surface area contributed by atoms with Crippen molar-refractivity contribution in [1.29, 1.82) is 0 Å². The lowest BCUT2D eigenvalue weighted by Crippen LogP contribution is -2.27. The molecule has 0 heterocycles. The van der Waals surface area contributed by atoms with Gasteiger partial charge < -0.3 is 4.74 Å². The Bertz CT molecular complexity index is 559. The minimum Gasteiger partial charge on any atom is -0.490 e. The van der Waals surface area contributed by atoms with Crippen LogP contribution in [0.1, 0.15) is 64.7 Å². The third-order valence-corrected chi connectivity index (χ3v) is 6.50. The van der Waals surface area contributed by atoms with E-state index in [-0.39, 0.29) is 5.75 Å². The number of ether oxygens (including phenoxy) is 1. The van der Waals surface area contributed by atoms with E-state index in [1.165, 1.54) is 51.0 Å². The lowest BCUT2D eigenvalue weighted by molar-refractivity contribution is 0.121. The maximum atomic E-state index is 13.6. The van der Waals surface area contributed by atoms with Crippen LogP contribution in [0.4, 0.5) is 13.2 Å². The fourth-order valence-electron chi connectivity index (χ4n) is 4.72. The number of rotatable bonds is 5. The first-order chi connectivity index (χ1) is 12.1. The Morgan fingerprint density at radius 3 is 1.92 bits per heavy atom. The lowest BCUT2D eigenvalue weighted by atomic mass is 9.69. The van der Waals surface area contributed by atoms with E-state index in [0.29, 0.717) is 12.5 Å². The van der Waals surface area contributed by atoms with Crippen molar-refractivity contribution in [1.82, 2.24) is 0 Å². The van der Waals surface area contributed by atoms with Crippen LogP contribution in [0.3, 0.4) is 0 Å². The van der Waals surface area contributed by atoms with Crippen molar-refractivity contribution in [3.8, 4) is 5.75 Å². The summed E-state index contributed by atoms with van der Waals surface area (Å²) in [5, 5.41) is 0. The summed E-state index contributed by atoms with van der Waals surface area (Å²) in [7, 11) is 0. The molecule has 140 valence electrons. The van der Waals surface area contributed by atoms with Gasteiger partial charge in [-0.3, -0.25) is 0 Å². The molecule has 2 fully saturated rings. The summed E-state index contributed by atoms with van der Waals surface area (Å²) in [6.45, 7) is 2.68. The molecular formula is C21H29F3O. The van der Waals surface area contributed by atoms with Gasteiger partial charge in [0.05, 0.1) is 6.61 Å². The monoisotopic (exact) mass is 354 g/mol. The Hall–Kier alpha value is -1.19. The molecule has 2 saturated carbocycles. The first-order valence-electron chi connectivity index (χ1n) is 9.84. The summed E-state index contributed by atoms with van der Waals surface area (Å²) in [6, 6.07) is 2.09. The van der Waals surface area contributed by atoms with Crippen molar-refractivity contribution < 1.29 is 17.9 Å². The van der Waals surface area contributed by atoms with Gasteiger partial charge >= 0.3 is 0 Å². The first kappa shape index (κ1) is 18.6. The molecule has 2 aliphatic carbocycles. The van der Waals surface area contributed by atoms with Crippen molar-refractivity contribution in [2.45, 2.75) is 64.7 Å². The third-order valence-electron chi connectivity index (χ3n) is 6.50. The molecule has 0 bridgehead atoms. The Labute approximate surface area is 149 Å². The van der Waals surface area contributed by atoms with Gasteiger partial charge in [0.25, 0.3) is 0 Å². The van der Waals surface area contributed by atoms with Gasteiger partial charge in [-0.15, -0.1) is 0 Å². The summed E-state index contributed by atoms with van der Waals surface area (Å²) >= 11 is 0. The Morgan fingerprint density at radius 1 is 0.800 bits per heavy atom. The van der Waals surface area contributed by atoms with Crippen LogP contribution in [-0.2, 0) is 0 Å². The molecule has 0 aromatic heterocycles. The van der Waals surface area contributed by atoms with Crippen molar-refractivity contribution in [3.63, 3.8) is 0 Å². The van der Waals surface area contributed by atoms with Gasteiger partial charge in [0.2, 0.25) is 5.82 Å². The van der Waals surface area contributed by atoms with Gasteiger partial charge in [0.1, 0.15) is 0 Å². The number of halogens is 3. The normalized spacial score (nSPS) is 30.2. The Kier molecular flexibility index (Phi) is 6.29. The van der Waals surface area contributed by atoms with Crippen LogP contribution in [0.2, 0.25) is 0 Å². The maximum Gasteiger partial charge on any atom is 0.203 e. The van der Waals surface area contributed by atoms with Crippen molar-refractivity contribution in [3.05, 3.63) is 29.6 Å². The average molecular weight is 354 g/mol. The minimum atomic E-state index is -1.45. The molecule has 0 atom stereocenters. The molecule has 0 saturated heterocycles. The molecule has 0 spiro atoms. The van der Waals surface area contributed by atoms with Gasteiger partial charge in [0.15, 0.2) is 17.4 Å². The largest absolute Gasteiger partial charge is 0.490 e. The van der Waals surface area contributed by atoms with Crippen LogP contribution in [0.25, 0.3) is 0 Å². The minimum absolute atomic E-state index is 0.182. The molecule has 3 rings (SSSR count). The zero-order valence-electron chi connectivity index (χ0n) is 15.1. The molecule has 4 heteroatoms. The molecule has 25 heavy (non-hydrogen) atoms. The number of benzene rings is 1. The van der Waals surface area contributed by atoms with Crippen molar-refractivity contribution in [2.75, 3.05) is 6.61 Å². The zero-order valence-corrected chi connectivity index (χ0v) is 15.1. The quantitative estimate of drug-likeness (QED) is 0.548. The van der Waals surface area contributed by atoms with Gasteiger partial charge in [-0.05, 0) is 74.3 Å². The lowest BCUT2D eigenvalue weighted by Gasteiger charge is -2.37. The van der Waals surface area contributed by atoms with Crippen molar-refractivity contribution in [2.24, 2.45) is 23.7 Å². The highest BCUT2D eigenvalue weighted by atomic mass is 19.2. The van der Waals surface area contributed by atoms with Crippen LogP contribution < -0.4 is 4.74 Å². The summed E-state index contributed by atoms with van der Waals surface area (Å²) in [5.41, 5.74) is 0. The predicted octanol–water partition coefficient (Wildman–Crippen LogP) is 6.51. The summed E-state index contributed by atoms with van der Waals surface area (Å²) in [6.07, 6.45) is 11.5. The predicted molar refractivity (Wildman–Crippen MR) is 93.0 cm³/mol. The molecule has 2 aliphatic rings. The van der Waals surface area contributed by atoms with Gasteiger partial charge in [-0.2, -0.15) is 4.39 Å². The highest BCUT2D eigenvalue weighted by Gasteiger charge is 2.30. The SMILES string of the molecule is CCC1CCC(C2CCC(COc3ccc(F)c(F)c3F)CC2)CC1. The highest BCUT2D eigenvalue weighted by Crippen LogP contribution is 2.42. The van der Waals surface area contributed by atoms with Gasteiger partial charge in [-0.1, -0.05) is 26.2 Å². The van der Waals surface area contributed by atoms with Gasteiger partial charge in [0, 0.05) is 0 Å². The molecule has 1 aromatic carbocycles. The molecule has 1 nitrogen and oxygen atoms in total. The second-order valence-electron chi connectivity index (χ2n) is 7.95. The summed E-state index contributed by atoms with van der Waals surface area (Å²) in [4.78, 5) is 0. The van der Waals surface area contributed by atoms with Crippen LogP contribution in [-0.4, -0.2) is 6.61 Å². The van der Waals surface area contributed by atoms with Crippen molar-refractivity contribution >= 4 is 0 Å². The second-order valence-corrected chi connectivity index (χ2v) is 7.95. The second kappa shape index (κ2) is 8.46. The molecule has 0 N–H and O–H groups in total. The summed E-state index contributed by atoms with van der Waals surface area (Å²) in [5.74, 6) is -1.00. The number of hydrogen-bond acceptors (Lipinski definition) is 1. The first-order valence-corrected chi connectivity index (χ1v) is 9.84. The molecule has 0 aliphatic heterocycles. The average Bonchev–Trinajstić information content (AvgIpc) is 2.66. The molecule has 0 radical (unpaired) electrons. The maximum absolute atomic E-state index is 13.6. The smallest absolute Gasteiger partial charge is 0.203 e. The van der Waals surface area contributed by atoms with E-state index in [9.17, 15) is 13.2 Å². The van der Waals surface area contributed by atoms with E-state index in [0.717, 1.165) is 36.7 Å². The fraction of sp³-hybridized carbons (Fsp3) is 0.714.